The third kappa shape index (κ3) is 2.84. The number of hydrogen-bond donors (Lipinski definition) is 0. The van der Waals surface area contributed by atoms with Gasteiger partial charge in [0, 0.05) is 11.9 Å². The molecule has 1 aliphatic rings. The summed E-state index contributed by atoms with van der Waals surface area (Å²) in [7, 11) is 1.32. The predicted molar refractivity (Wildman–Crippen MR) is 67.3 cm³/mol. The van der Waals surface area contributed by atoms with Crippen molar-refractivity contribution in [2.45, 2.75) is 25.4 Å². The largest absolute Gasteiger partial charge is 0.392 e. The van der Waals surface area contributed by atoms with Gasteiger partial charge in [-0.25, -0.2) is 9.37 Å². The molecule has 20 heavy (non-hydrogen) atoms. The van der Waals surface area contributed by atoms with E-state index < -0.39 is 23.8 Å². The van der Waals surface area contributed by atoms with Gasteiger partial charge in [-0.05, 0) is 19.3 Å². The van der Waals surface area contributed by atoms with Crippen molar-refractivity contribution >= 4 is 22.4 Å². The highest BCUT2D eigenvalue weighted by molar-refractivity contribution is 7.16. The average molecular weight is 308 g/mol. The summed E-state index contributed by atoms with van der Waals surface area (Å²) in [6.45, 7) is 2.90. The number of rotatable bonds is 2. The molecular weight excluding hydrogens is 296 g/mol. The Morgan fingerprint density at radius 1 is 1.50 bits per heavy atom. The van der Waals surface area contributed by atoms with Gasteiger partial charge in [-0.2, -0.15) is 13.2 Å². The normalized spacial score (nSPS) is 18.6. The predicted octanol–water partition coefficient (Wildman–Crippen LogP) is 3.26. The van der Waals surface area contributed by atoms with E-state index >= 15 is 0 Å². The summed E-state index contributed by atoms with van der Waals surface area (Å²) in [6, 6.07) is 0. The van der Waals surface area contributed by atoms with Gasteiger partial charge >= 0.3 is 6.18 Å². The maximum Gasteiger partial charge on any atom is 0.392 e. The summed E-state index contributed by atoms with van der Waals surface area (Å²) >= 11 is 0.995. The van der Waals surface area contributed by atoms with Crippen LogP contribution < -0.4 is 4.90 Å². The van der Waals surface area contributed by atoms with Gasteiger partial charge in [-0.1, -0.05) is 6.58 Å². The average Bonchev–Trinajstić information content (AvgIpc) is 2.78. The highest BCUT2D eigenvalue weighted by atomic mass is 32.1. The first-order valence-corrected chi connectivity index (χ1v) is 6.69. The zero-order chi connectivity index (χ0) is 15.1. The molecule has 1 atom stereocenters. The van der Waals surface area contributed by atoms with Crippen molar-refractivity contribution in [1.29, 1.82) is 0 Å². The van der Waals surface area contributed by atoms with Crippen LogP contribution in [0.2, 0.25) is 0 Å². The van der Waals surface area contributed by atoms with E-state index in [2.05, 4.69) is 11.6 Å². The highest BCUT2D eigenvalue weighted by Gasteiger charge is 2.42. The van der Waals surface area contributed by atoms with Crippen LogP contribution in [0, 0.1) is 5.92 Å². The van der Waals surface area contributed by atoms with Gasteiger partial charge in [0.05, 0.1) is 11.6 Å². The molecule has 1 aromatic heterocycles. The number of nitrogens with zero attached hydrogens (tertiary/aromatic N) is 2. The molecule has 0 N–H and O–H groups in total. The monoisotopic (exact) mass is 308 g/mol. The lowest BCUT2D eigenvalue weighted by atomic mass is 9.91. The number of fused-ring (bicyclic) bond motifs is 1. The zero-order valence-corrected chi connectivity index (χ0v) is 11.4. The number of alkyl halides is 3. The molecule has 8 heteroatoms. The molecule has 0 saturated heterocycles. The van der Waals surface area contributed by atoms with E-state index in [-0.39, 0.29) is 24.4 Å². The fourth-order valence-electron chi connectivity index (χ4n) is 2.05. The minimum Gasteiger partial charge on any atom is -0.285 e. The fraction of sp³-hybridized carbons (Fsp3) is 0.500. The van der Waals surface area contributed by atoms with E-state index in [4.69, 9.17) is 0 Å². The number of likely N-dealkylation sites (N-methyl/N-ethyl adjacent to an activating group) is 1. The number of carbonyl (C=O) groups excluding carboxylic acids is 1. The van der Waals surface area contributed by atoms with Crippen molar-refractivity contribution in [3.63, 3.8) is 0 Å². The number of anilines is 1. The molecule has 1 unspecified atom stereocenters. The Hall–Kier alpha value is -1.44. The molecule has 0 bridgehead atoms. The number of thiazole rings is 1. The Kier molecular flexibility index (Phi) is 3.86. The summed E-state index contributed by atoms with van der Waals surface area (Å²) in [5.41, 5.74) is 0.564. The molecule has 110 valence electrons. The second-order valence-electron chi connectivity index (χ2n) is 4.62. The number of hydrogen-bond acceptors (Lipinski definition) is 3. The van der Waals surface area contributed by atoms with Crippen LogP contribution >= 0.6 is 11.3 Å². The van der Waals surface area contributed by atoms with Crippen molar-refractivity contribution in [3.05, 3.63) is 23.0 Å². The standard InChI is InChI=1S/C12H12F4N2OS/c1-6(13)10(19)18(2)11-17-8-4-3-7(12(14,15)16)5-9(8)20-11/h7H,1,3-5H2,2H3. The second kappa shape index (κ2) is 5.16. The first-order chi connectivity index (χ1) is 9.20. The molecule has 0 fully saturated rings. The Morgan fingerprint density at radius 2 is 2.15 bits per heavy atom. The van der Waals surface area contributed by atoms with Gasteiger partial charge in [-0.15, -0.1) is 11.3 Å². The molecule has 0 radical (unpaired) electrons. The minimum absolute atomic E-state index is 0.00679. The van der Waals surface area contributed by atoms with Crippen molar-refractivity contribution < 1.29 is 22.4 Å². The number of carbonyl (C=O) groups is 1. The van der Waals surface area contributed by atoms with E-state index in [0.29, 0.717) is 10.6 Å². The summed E-state index contributed by atoms with van der Waals surface area (Å²) in [6.07, 6.45) is -4.15. The molecule has 3 nitrogen and oxygen atoms in total. The molecular formula is C12H12F4N2OS. The number of halogens is 4. The van der Waals surface area contributed by atoms with Crippen molar-refractivity contribution in [2.24, 2.45) is 5.92 Å². The topological polar surface area (TPSA) is 33.2 Å². The Morgan fingerprint density at radius 3 is 2.70 bits per heavy atom. The summed E-state index contributed by atoms with van der Waals surface area (Å²) in [5, 5.41) is 0.196. The van der Waals surface area contributed by atoms with Crippen molar-refractivity contribution in [1.82, 2.24) is 4.98 Å². The summed E-state index contributed by atoms with van der Waals surface area (Å²) < 4.78 is 50.9. The SMILES string of the molecule is C=C(F)C(=O)N(C)c1nc2c(s1)CC(C(F)(F)F)CC2. The van der Waals surface area contributed by atoms with E-state index in [0.717, 1.165) is 16.2 Å². The number of amides is 1. The lowest BCUT2D eigenvalue weighted by molar-refractivity contribution is -0.176. The van der Waals surface area contributed by atoms with Crippen LogP contribution in [0.1, 0.15) is 17.0 Å². The second-order valence-corrected chi connectivity index (χ2v) is 5.68. The van der Waals surface area contributed by atoms with Gasteiger partial charge in [0.2, 0.25) is 0 Å². The van der Waals surface area contributed by atoms with Crippen molar-refractivity contribution in [3.8, 4) is 0 Å². The van der Waals surface area contributed by atoms with E-state index in [1.165, 1.54) is 7.05 Å². The van der Waals surface area contributed by atoms with Crippen LogP contribution in [0.15, 0.2) is 12.4 Å². The first-order valence-electron chi connectivity index (χ1n) is 5.88. The summed E-state index contributed by atoms with van der Waals surface area (Å²) in [4.78, 5) is 17.0. The first kappa shape index (κ1) is 15.0. The zero-order valence-electron chi connectivity index (χ0n) is 10.6. The van der Waals surface area contributed by atoms with Gasteiger partial charge in [0.15, 0.2) is 11.0 Å². The molecule has 0 aliphatic heterocycles. The molecule has 1 aliphatic carbocycles. The molecule has 0 spiro atoms. The van der Waals surface area contributed by atoms with Crippen LogP contribution in [0.4, 0.5) is 22.7 Å². The van der Waals surface area contributed by atoms with Crippen molar-refractivity contribution in [2.75, 3.05) is 11.9 Å². The highest BCUT2D eigenvalue weighted by Crippen LogP contribution is 2.40. The quantitative estimate of drug-likeness (QED) is 0.620. The molecule has 1 aromatic rings. The van der Waals surface area contributed by atoms with E-state index in [9.17, 15) is 22.4 Å². The molecule has 0 aromatic carbocycles. The van der Waals surface area contributed by atoms with Crippen LogP contribution in [-0.2, 0) is 17.6 Å². The van der Waals surface area contributed by atoms with Crippen LogP contribution in [0.3, 0.4) is 0 Å². The summed E-state index contributed by atoms with van der Waals surface area (Å²) in [5.74, 6) is -3.45. The smallest absolute Gasteiger partial charge is 0.285 e. The number of aryl methyl sites for hydroxylation is 1. The van der Waals surface area contributed by atoms with Crippen LogP contribution in [-0.4, -0.2) is 24.1 Å². The van der Waals surface area contributed by atoms with Crippen LogP contribution in [0.25, 0.3) is 0 Å². The van der Waals surface area contributed by atoms with E-state index in [1.807, 2.05) is 0 Å². The Balaban J connectivity index is 2.21. The lowest BCUT2D eigenvalue weighted by Crippen LogP contribution is -2.28. The molecule has 2 rings (SSSR count). The number of aromatic nitrogens is 1. The van der Waals surface area contributed by atoms with Gasteiger partial charge in [0.25, 0.3) is 5.91 Å². The van der Waals surface area contributed by atoms with Gasteiger partial charge < -0.3 is 0 Å². The Bertz CT molecular complexity index is 552. The molecule has 1 amide bonds. The molecule has 0 saturated carbocycles. The van der Waals surface area contributed by atoms with E-state index in [1.54, 1.807) is 0 Å². The third-order valence-corrected chi connectivity index (χ3v) is 4.41. The maximum atomic E-state index is 12.8. The van der Waals surface area contributed by atoms with Crippen LogP contribution in [0.5, 0.6) is 0 Å². The lowest BCUT2D eigenvalue weighted by Gasteiger charge is -2.23. The third-order valence-electron chi connectivity index (χ3n) is 3.21. The maximum absolute atomic E-state index is 12.8. The van der Waals surface area contributed by atoms with Gasteiger partial charge in [0.1, 0.15) is 0 Å². The minimum atomic E-state index is -4.23. The van der Waals surface area contributed by atoms with Gasteiger partial charge in [-0.3, -0.25) is 9.69 Å². The Labute approximate surface area is 116 Å². The fourth-order valence-corrected chi connectivity index (χ4v) is 3.20. The molecule has 1 heterocycles.